The highest BCUT2D eigenvalue weighted by atomic mass is 19.1. The Labute approximate surface area is 152 Å². The number of fused-ring (bicyclic) bond motifs is 1. The minimum atomic E-state index is -0.347. The van der Waals surface area contributed by atoms with Crippen LogP contribution in [0.1, 0.15) is 24.0 Å². The quantitative estimate of drug-likeness (QED) is 0.810. The SMILES string of the molecule is O=C(CCc1ccccc1F)NNC(=O)CN1CCCc2ccccc21. The van der Waals surface area contributed by atoms with Crippen LogP contribution in [0.15, 0.2) is 48.5 Å². The number of nitrogens with one attached hydrogen (secondary N) is 2. The van der Waals surface area contributed by atoms with Crippen LogP contribution in [0.25, 0.3) is 0 Å². The normalized spacial score (nSPS) is 13.0. The van der Waals surface area contributed by atoms with Gasteiger partial charge in [0.05, 0.1) is 6.54 Å². The summed E-state index contributed by atoms with van der Waals surface area (Å²) >= 11 is 0. The minimum absolute atomic E-state index is 0.105. The number of hydrogen-bond acceptors (Lipinski definition) is 3. The Morgan fingerprint density at radius 3 is 2.58 bits per heavy atom. The van der Waals surface area contributed by atoms with Crippen molar-refractivity contribution in [3.05, 3.63) is 65.5 Å². The second-order valence-corrected chi connectivity index (χ2v) is 6.34. The summed E-state index contributed by atoms with van der Waals surface area (Å²) in [6.07, 6.45) is 2.40. The van der Waals surface area contributed by atoms with Gasteiger partial charge < -0.3 is 4.90 Å². The van der Waals surface area contributed by atoms with Crippen LogP contribution in [0.3, 0.4) is 0 Å². The maximum absolute atomic E-state index is 13.5. The third-order valence-electron chi connectivity index (χ3n) is 4.46. The molecular formula is C20H22FN3O2. The molecule has 0 radical (unpaired) electrons. The number of benzene rings is 2. The molecule has 2 aromatic carbocycles. The molecule has 1 aliphatic rings. The van der Waals surface area contributed by atoms with E-state index in [2.05, 4.69) is 16.9 Å². The van der Waals surface area contributed by atoms with E-state index in [4.69, 9.17) is 0 Å². The van der Waals surface area contributed by atoms with Crippen molar-refractivity contribution in [3.8, 4) is 0 Å². The Kier molecular flexibility index (Phi) is 5.84. The zero-order valence-electron chi connectivity index (χ0n) is 14.5. The number of para-hydroxylation sites is 1. The van der Waals surface area contributed by atoms with Gasteiger partial charge in [-0.05, 0) is 42.5 Å². The maximum atomic E-state index is 13.5. The summed E-state index contributed by atoms with van der Waals surface area (Å²) in [5.41, 5.74) is 7.63. The molecule has 1 aliphatic heterocycles. The Morgan fingerprint density at radius 1 is 1.00 bits per heavy atom. The Morgan fingerprint density at radius 2 is 1.73 bits per heavy atom. The first-order chi connectivity index (χ1) is 12.6. The highest BCUT2D eigenvalue weighted by Crippen LogP contribution is 2.26. The molecule has 0 aromatic heterocycles. The van der Waals surface area contributed by atoms with Gasteiger partial charge in [-0.15, -0.1) is 0 Å². The van der Waals surface area contributed by atoms with Crippen molar-refractivity contribution < 1.29 is 14.0 Å². The van der Waals surface area contributed by atoms with Crippen molar-refractivity contribution in [2.45, 2.75) is 25.7 Å². The molecule has 0 fully saturated rings. The molecule has 2 N–H and O–H groups in total. The highest BCUT2D eigenvalue weighted by molar-refractivity contribution is 5.85. The van der Waals surface area contributed by atoms with Crippen molar-refractivity contribution in [2.24, 2.45) is 0 Å². The zero-order valence-corrected chi connectivity index (χ0v) is 14.5. The lowest BCUT2D eigenvalue weighted by molar-refractivity contribution is -0.128. The van der Waals surface area contributed by atoms with Gasteiger partial charge in [0, 0.05) is 18.7 Å². The molecule has 0 saturated carbocycles. The number of amides is 2. The Bertz CT molecular complexity index is 794. The Hall–Kier alpha value is -2.89. The summed E-state index contributed by atoms with van der Waals surface area (Å²) < 4.78 is 13.5. The smallest absolute Gasteiger partial charge is 0.257 e. The number of anilines is 1. The molecule has 3 rings (SSSR count). The second kappa shape index (κ2) is 8.47. The minimum Gasteiger partial charge on any atom is -0.362 e. The molecule has 0 aliphatic carbocycles. The van der Waals surface area contributed by atoms with Crippen LogP contribution >= 0.6 is 0 Å². The van der Waals surface area contributed by atoms with Crippen molar-refractivity contribution >= 4 is 17.5 Å². The summed E-state index contributed by atoms with van der Waals surface area (Å²) in [4.78, 5) is 26.0. The van der Waals surface area contributed by atoms with Gasteiger partial charge in [-0.2, -0.15) is 0 Å². The van der Waals surface area contributed by atoms with E-state index in [9.17, 15) is 14.0 Å². The van der Waals surface area contributed by atoms with Crippen molar-refractivity contribution in [3.63, 3.8) is 0 Å². The number of carbonyl (C=O) groups is 2. The summed E-state index contributed by atoms with van der Waals surface area (Å²) in [6.45, 7) is 0.996. The van der Waals surface area contributed by atoms with Crippen LogP contribution < -0.4 is 15.8 Å². The van der Waals surface area contributed by atoms with E-state index in [1.54, 1.807) is 18.2 Å². The summed E-state index contributed by atoms with van der Waals surface area (Å²) in [6, 6.07) is 14.4. The maximum Gasteiger partial charge on any atom is 0.257 e. The number of hydrazine groups is 1. The van der Waals surface area contributed by atoms with Gasteiger partial charge in [-0.1, -0.05) is 36.4 Å². The largest absolute Gasteiger partial charge is 0.362 e. The van der Waals surface area contributed by atoms with Crippen LogP contribution in [0.5, 0.6) is 0 Å². The number of hydrogen-bond donors (Lipinski definition) is 2. The van der Waals surface area contributed by atoms with E-state index in [1.165, 1.54) is 11.6 Å². The summed E-state index contributed by atoms with van der Waals surface area (Å²) in [5.74, 6) is -0.949. The molecule has 2 amide bonds. The van der Waals surface area contributed by atoms with E-state index >= 15 is 0 Å². The predicted octanol–water partition coefficient (Wildman–Crippen LogP) is 2.36. The molecule has 0 bridgehead atoms. The highest BCUT2D eigenvalue weighted by Gasteiger charge is 2.18. The lowest BCUT2D eigenvalue weighted by atomic mass is 10.0. The first kappa shape index (κ1) is 17.9. The number of carbonyl (C=O) groups excluding carboxylic acids is 2. The monoisotopic (exact) mass is 355 g/mol. The van der Waals surface area contributed by atoms with Gasteiger partial charge in [0.15, 0.2) is 0 Å². The number of halogens is 1. The van der Waals surface area contributed by atoms with Gasteiger partial charge in [0.2, 0.25) is 5.91 Å². The van der Waals surface area contributed by atoms with E-state index in [1.807, 2.05) is 23.1 Å². The first-order valence-electron chi connectivity index (χ1n) is 8.77. The first-order valence-corrected chi connectivity index (χ1v) is 8.77. The molecule has 136 valence electrons. The fourth-order valence-corrected chi connectivity index (χ4v) is 3.14. The standard InChI is InChI=1S/C20H22FN3O2/c21-17-9-3-1-6-15(17)11-12-19(25)22-23-20(26)14-24-13-5-8-16-7-2-4-10-18(16)24/h1-4,6-7,9-10H,5,8,11-14H2,(H,22,25)(H,23,26). The molecule has 1 heterocycles. The molecule has 0 unspecified atom stereocenters. The summed E-state index contributed by atoms with van der Waals surface area (Å²) in [5, 5.41) is 0. The molecular weight excluding hydrogens is 333 g/mol. The van der Waals surface area contributed by atoms with Crippen molar-refractivity contribution in [2.75, 3.05) is 18.0 Å². The molecule has 6 heteroatoms. The molecule has 2 aromatic rings. The van der Waals surface area contributed by atoms with E-state index in [-0.39, 0.29) is 37.0 Å². The van der Waals surface area contributed by atoms with Gasteiger partial charge in [0.1, 0.15) is 5.82 Å². The fraction of sp³-hybridized carbons (Fsp3) is 0.300. The Balaban J connectivity index is 1.44. The lowest BCUT2D eigenvalue weighted by Gasteiger charge is -2.30. The third-order valence-corrected chi connectivity index (χ3v) is 4.46. The number of aryl methyl sites for hydroxylation is 2. The van der Waals surface area contributed by atoms with Gasteiger partial charge in [-0.25, -0.2) is 4.39 Å². The van der Waals surface area contributed by atoms with Gasteiger partial charge >= 0.3 is 0 Å². The fourth-order valence-electron chi connectivity index (χ4n) is 3.14. The van der Waals surface area contributed by atoms with E-state index in [0.29, 0.717) is 5.56 Å². The topological polar surface area (TPSA) is 61.4 Å². The zero-order chi connectivity index (χ0) is 18.4. The van der Waals surface area contributed by atoms with Crippen molar-refractivity contribution in [1.82, 2.24) is 10.9 Å². The van der Waals surface area contributed by atoms with Crippen LogP contribution in [0.2, 0.25) is 0 Å². The third kappa shape index (κ3) is 4.59. The van der Waals surface area contributed by atoms with Crippen LogP contribution in [0.4, 0.5) is 10.1 Å². The van der Waals surface area contributed by atoms with Crippen molar-refractivity contribution in [1.29, 1.82) is 0 Å². The number of nitrogens with zero attached hydrogens (tertiary/aromatic N) is 1. The van der Waals surface area contributed by atoms with Gasteiger partial charge in [0.25, 0.3) is 5.91 Å². The van der Waals surface area contributed by atoms with E-state index in [0.717, 1.165) is 25.1 Å². The number of rotatable bonds is 5. The van der Waals surface area contributed by atoms with Crippen LogP contribution in [0, 0.1) is 5.82 Å². The molecule has 0 atom stereocenters. The molecule has 0 spiro atoms. The average molecular weight is 355 g/mol. The van der Waals surface area contributed by atoms with E-state index < -0.39 is 0 Å². The average Bonchev–Trinajstić information content (AvgIpc) is 2.66. The van der Waals surface area contributed by atoms with Crippen LogP contribution in [-0.4, -0.2) is 24.9 Å². The lowest BCUT2D eigenvalue weighted by Crippen LogP contribution is -2.47. The summed E-state index contributed by atoms with van der Waals surface area (Å²) in [7, 11) is 0. The molecule has 0 saturated heterocycles. The van der Waals surface area contributed by atoms with Crippen LogP contribution in [-0.2, 0) is 22.4 Å². The van der Waals surface area contributed by atoms with Gasteiger partial charge in [-0.3, -0.25) is 20.4 Å². The molecule has 5 nitrogen and oxygen atoms in total. The second-order valence-electron chi connectivity index (χ2n) is 6.34. The molecule has 26 heavy (non-hydrogen) atoms. The predicted molar refractivity (Wildman–Crippen MR) is 98.0 cm³/mol.